The first-order valence-corrected chi connectivity index (χ1v) is 6.62. The molecule has 0 heterocycles. The molecule has 0 aromatic carbocycles. The summed E-state index contributed by atoms with van der Waals surface area (Å²) in [6.45, 7) is 10.2. The Labute approximate surface area is 100 Å². The van der Waals surface area contributed by atoms with Crippen LogP contribution < -0.4 is 0 Å². The molecule has 0 aromatic rings. The highest BCUT2D eigenvalue weighted by Gasteiger charge is 2.02. The Morgan fingerprint density at radius 3 is 2.38 bits per heavy atom. The van der Waals surface area contributed by atoms with Crippen molar-refractivity contribution in [2.75, 3.05) is 26.2 Å². The molecular weight excluding hydrogens is 202 g/mol. The Balaban J connectivity index is 3.34. The maximum absolute atomic E-state index is 11.1. The summed E-state index contributed by atoms with van der Waals surface area (Å²) in [4.78, 5) is 13.5. The fraction of sp³-hybridized carbons (Fsp3) is 0.923. The van der Waals surface area contributed by atoms with Gasteiger partial charge in [-0.05, 0) is 45.8 Å². The van der Waals surface area contributed by atoms with Crippen LogP contribution >= 0.6 is 0 Å². The second kappa shape index (κ2) is 10.9. The van der Waals surface area contributed by atoms with Crippen LogP contribution in [0.1, 0.15) is 52.9 Å². The molecule has 0 N–H and O–H groups in total. The van der Waals surface area contributed by atoms with E-state index in [4.69, 9.17) is 4.74 Å². The largest absolute Gasteiger partial charge is 0.466 e. The lowest BCUT2D eigenvalue weighted by Crippen LogP contribution is -2.25. The Hall–Kier alpha value is -0.570. The van der Waals surface area contributed by atoms with Gasteiger partial charge in [0.05, 0.1) is 6.61 Å². The normalized spacial score (nSPS) is 10.8. The van der Waals surface area contributed by atoms with E-state index in [1.54, 1.807) is 0 Å². The number of unbranched alkanes of at least 4 members (excludes halogenated alkanes) is 2. The van der Waals surface area contributed by atoms with Crippen molar-refractivity contribution in [2.24, 2.45) is 0 Å². The van der Waals surface area contributed by atoms with Crippen LogP contribution in [0.5, 0.6) is 0 Å². The molecule has 0 aliphatic carbocycles. The third-order valence-electron chi connectivity index (χ3n) is 2.65. The van der Waals surface area contributed by atoms with E-state index < -0.39 is 0 Å². The van der Waals surface area contributed by atoms with Crippen LogP contribution in [0.25, 0.3) is 0 Å². The topological polar surface area (TPSA) is 29.5 Å². The first-order valence-electron chi connectivity index (χ1n) is 6.62. The lowest BCUT2D eigenvalue weighted by atomic mass is 10.2. The molecular formula is C13H27NO2. The van der Waals surface area contributed by atoms with E-state index in [9.17, 15) is 4.79 Å². The van der Waals surface area contributed by atoms with E-state index in [-0.39, 0.29) is 5.97 Å². The second-order valence-corrected chi connectivity index (χ2v) is 4.05. The summed E-state index contributed by atoms with van der Waals surface area (Å²) in [7, 11) is 0. The van der Waals surface area contributed by atoms with Crippen molar-refractivity contribution in [3.05, 3.63) is 0 Å². The van der Waals surface area contributed by atoms with Crippen LogP contribution in [0.3, 0.4) is 0 Å². The van der Waals surface area contributed by atoms with Gasteiger partial charge in [-0.15, -0.1) is 0 Å². The smallest absolute Gasteiger partial charge is 0.305 e. The summed E-state index contributed by atoms with van der Waals surface area (Å²) in [5.41, 5.74) is 0. The number of hydrogen-bond donors (Lipinski definition) is 0. The average Bonchev–Trinajstić information content (AvgIpc) is 2.27. The van der Waals surface area contributed by atoms with Gasteiger partial charge in [0.25, 0.3) is 0 Å². The third-order valence-corrected chi connectivity index (χ3v) is 2.65. The predicted molar refractivity (Wildman–Crippen MR) is 67.5 cm³/mol. The first-order chi connectivity index (χ1) is 7.74. The molecule has 0 bridgehead atoms. The van der Waals surface area contributed by atoms with E-state index >= 15 is 0 Å². The molecule has 0 spiro atoms. The van der Waals surface area contributed by atoms with Crippen molar-refractivity contribution in [3.8, 4) is 0 Å². The van der Waals surface area contributed by atoms with Crippen molar-refractivity contribution >= 4 is 5.97 Å². The predicted octanol–water partition coefficient (Wildman–Crippen LogP) is 2.84. The summed E-state index contributed by atoms with van der Waals surface area (Å²) in [5, 5.41) is 0. The zero-order valence-corrected chi connectivity index (χ0v) is 11.1. The summed E-state index contributed by atoms with van der Waals surface area (Å²) < 4.78 is 4.88. The number of carbonyl (C=O) groups is 1. The SMILES string of the molecule is CCCN(CC)CCCCCC(=O)OCC. The Bertz CT molecular complexity index is 171. The van der Waals surface area contributed by atoms with Gasteiger partial charge in [0.1, 0.15) is 0 Å². The quantitative estimate of drug-likeness (QED) is 0.426. The minimum atomic E-state index is -0.0524. The molecule has 0 unspecified atom stereocenters. The summed E-state index contributed by atoms with van der Waals surface area (Å²) >= 11 is 0. The van der Waals surface area contributed by atoms with Gasteiger partial charge in [-0.25, -0.2) is 0 Å². The van der Waals surface area contributed by atoms with Gasteiger partial charge >= 0.3 is 5.97 Å². The van der Waals surface area contributed by atoms with Crippen molar-refractivity contribution in [1.82, 2.24) is 4.90 Å². The van der Waals surface area contributed by atoms with Gasteiger partial charge in [-0.3, -0.25) is 4.79 Å². The average molecular weight is 229 g/mol. The molecule has 16 heavy (non-hydrogen) atoms. The summed E-state index contributed by atoms with van der Waals surface area (Å²) in [5.74, 6) is -0.0524. The number of nitrogens with zero attached hydrogens (tertiary/aromatic N) is 1. The van der Waals surface area contributed by atoms with Crippen LogP contribution in [0.4, 0.5) is 0 Å². The molecule has 0 radical (unpaired) electrons. The highest BCUT2D eigenvalue weighted by atomic mass is 16.5. The molecule has 0 saturated heterocycles. The van der Waals surface area contributed by atoms with Gasteiger partial charge in [0.15, 0.2) is 0 Å². The van der Waals surface area contributed by atoms with E-state index in [1.807, 2.05) is 6.92 Å². The van der Waals surface area contributed by atoms with E-state index in [2.05, 4.69) is 18.7 Å². The van der Waals surface area contributed by atoms with Crippen LogP contribution in [0.15, 0.2) is 0 Å². The van der Waals surface area contributed by atoms with E-state index in [1.165, 1.54) is 19.4 Å². The standard InChI is InChI=1S/C13H27NO2/c1-4-11-14(5-2)12-9-7-8-10-13(15)16-6-3/h4-12H2,1-3H3. The van der Waals surface area contributed by atoms with Crippen LogP contribution in [0, 0.1) is 0 Å². The molecule has 0 aliphatic rings. The molecule has 0 aromatic heterocycles. The number of hydrogen-bond acceptors (Lipinski definition) is 3. The lowest BCUT2D eigenvalue weighted by Gasteiger charge is -2.18. The minimum Gasteiger partial charge on any atom is -0.466 e. The molecule has 3 nitrogen and oxygen atoms in total. The zero-order valence-electron chi connectivity index (χ0n) is 11.1. The number of carbonyl (C=O) groups excluding carboxylic acids is 1. The fourth-order valence-electron chi connectivity index (χ4n) is 1.76. The zero-order chi connectivity index (χ0) is 12.2. The highest BCUT2D eigenvalue weighted by molar-refractivity contribution is 5.69. The van der Waals surface area contributed by atoms with Gasteiger partial charge in [0, 0.05) is 6.42 Å². The van der Waals surface area contributed by atoms with Crippen LogP contribution in [-0.4, -0.2) is 37.1 Å². The maximum atomic E-state index is 11.1. The van der Waals surface area contributed by atoms with Gasteiger partial charge in [0.2, 0.25) is 0 Å². The second-order valence-electron chi connectivity index (χ2n) is 4.05. The van der Waals surface area contributed by atoms with Gasteiger partial charge in [-0.2, -0.15) is 0 Å². The van der Waals surface area contributed by atoms with E-state index in [0.29, 0.717) is 13.0 Å². The van der Waals surface area contributed by atoms with Crippen molar-refractivity contribution in [2.45, 2.75) is 52.9 Å². The number of esters is 1. The molecule has 0 aliphatic heterocycles. The Kier molecular flexibility index (Phi) is 10.5. The highest BCUT2D eigenvalue weighted by Crippen LogP contribution is 2.03. The molecule has 0 amide bonds. The first kappa shape index (κ1) is 15.4. The summed E-state index contributed by atoms with van der Waals surface area (Å²) in [6, 6.07) is 0. The van der Waals surface area contributed by atoms with Gasteiger partial charge in [-0.1, -0.05) is 20.3 Å². The van der Waals surface area contributed by atoms with Crippen LogP contribution in [-0.2, 0) is 9.53 Å². The monoisotopic (exact) mass is 229 g/mol. The molecule has 0 rings (SSSR count). The molecule has 0 saturated carbocycles. The molecule has 3 heteroatoms. The third kappa shape index (κ3) is 8.72. The minimum absolute atomic E-state index is 0.0524. The van der Waals surface area contributed by atoms with Gasteiger partial charge < -0.3 is 9.64 Å². The molecule has 0 atom stereocenters. The number of ether oxygens (including phenoxy) is 1. The van der Waals surface area contributed by atoms with Crippen molar-refractivity contribution < 1.29 is 9.53 Å². The maximum Gasteiger partial charge on any atom is 0.305 e. The fourth-order valence-corrected chi connectivity index (χ4v) is 1.76. The molecule has 0 fully saturated rings. The van der Waals surface area contributed by atoms with Crippen molar-refractivity contribution in [1.29, 1.82) is 0 Å². The van der Waals surface area contributed by atoms with Crippen LogP contribution in [0.2, 0.25) is 0 Å². The summed E-state index contributed by atoms with van der Waals surface area (Å²) in [6.07, 6.45) is 5.07. The lowest BCUT2D eigenvalue weighted by molar-refractivity contribution is -0.143. The number of rotatable bonds is 10. The Morgan fingerprint density at radius 1 is 1.06 bits per heavy atom. The van der Waals surface area contributed by atoms with E-state index in [0.717, 1.165) is 25.9 Å². The Morgan fingerprint density at radius 2 is 1.81 bits per heavy atom. The molecule has 96 valence electrons. The van der Waals surface area contributed by atoms with Crippen molar-refractivity contribution in [3.63, 3.8) is 0 Å².